The molecular weight excluding hydrogens is 256 g/mol. The number of halogens is 1. The van der Waals surface area contributed by atoms with E-state index in [1.807, 2.05) is 0 Å². The van der Waals surface area contributed by atoms with Gasteiger partial charge in [0.15, 0.2) is 15.8 Å². The van der Waals surface area contributed by atoms with Crippen molar-refractivity contribution in [3.05, 3.63) is 10.2 Å². The number of carboxylic acid groups (broad SMARTS) is 1. The Kier molecular flexibility index (Phi) is 2.52. The minimum Gasteiger partial charge on any atom is -0.480 e. The van der Waals surface area contributed by atoms with E-state index in [-0.39, 0.29) is 15.8 Å². The monoisotopic (exact) mass is 260 g/mol. The maximum absolute atomic E-state index is 11.1. The number of thiazole rings is 1. The van der Waals surface area contributed by atoms with E-state index in [4.69, 9.17) is 22.4 Å². The van der Waals surface area contributed by atoms with Gasteiger partial charge in [-0.3, -0.25) is 9.59 Å². The molecule has 0 spiro atoms. The number of nitrogens with zero attached hydrogens (tertiary/aromatic N) is 3. The van der Waals surface area contributed by atoms with Crippen LogP contribution in [-0.2, 0) is 11.3 Å². The van der Waals surface area contributed by atoms with Crippen molar-refractivity contribution in [3.8, 4) is 0 Å². The van der Waals surface area contributed by atoms with E-state index in [1.165, 1.54) is 0 Å². The summed E-state index contributed by atoms with van der Waals surface area (Å²) in [6.07, 6.45) is 0. The van der Waals surface area contributed by atoms with Gasteiger partial charge in [0, 0.05) is 0 Å². The van der Waals surface area contributed by atoms with E-state index in [9.17, 15) is 9.59 Å². The Morgan fingerprint density at radius 3 is 2.81 bits per heavy atom. The first-order valence-electron chi connectivity index (χ1n) is 4.03. The summed E-state index contributed by atoms with van der Waals surface area (Å²) in [5, 5.41) is 12.4. The zero-order chi connectivity index (χ0) is 11.9. The molecule has 0 fully saturated rings. The SMILES string of the molecule is NC(=O)c1nn(CC(=O)O)c2nc(Cl)sc12. The van der Waals surface area contributed by atoms with Gasteiger partial charge in [-0.25, -0.2) is 9.67 Å². The summed E-state index contributed by atoms with van der Waals surface area (Å²) in [6.45, 7) is -0.399. The van der Waals surface area contributed by atoms with Crippen LogP contribution in [0.2, 0.25) is 4.47 Å². The lowest BCUT2D eigenvalue weighted by Gasteiger charge is -1.94. The molecule has 3 N–H and O–H groups in total. The number of hydrogen-bond donors (Lipinski definition) is 2. The van der Waals surface area contributed by atoms with E-state index in [1.54, 1.807) is 0 Å². The number of aromatic nitrogens is 3. The number of carboxylic acids is 1. The van der Waals surface area contributed by atoms with Crippen molar-refractivity contribution in [1.82, 2.24) is 14.8 Å². The topological polar surface area (TPSA) is 111 Å². The molecule has 0 aliphatic rings. The summed E-state index contributed by atoms with van der Waals surface area (Å²) in [6, 6.07) is 0. The van der Waals surface area contributed by atoms with Crippen molar-refractivity contribution < 1.29 is 14.7 Å². The van der Waals surface area contributed by atoms with Gasteiger partial charge < -0.3 is 10.8 Å². The van der Waals surface area contributed by atoms with Gasteiger partial charge in [0.2, 0.25) is 0 Å². The number of fused-ring (bicyclic) bond motifs is 1. The van der Waals surface area contributed by atoms with Gasteiger partial charge in [0.05, 0.1) is 0 Å². The smallest absolute Gasteiger partial charge is 0.325 e. The van der Waals surface area contributed by atoms with Crippen molar-refractivity contribution >= 4 is 45.2 Å². The van der Waals surface area contributed by atoms with Gasteiger partial charge in [0.1, 0.15) is 11.2 Å². The number of carbonyl (C=O) groups excluding carboxylic acids is 1. The third-order valence-electron chi connectivity index (χ3n) is 1.78. The molecule has 2 heterocycles. The third-order valence-corrected chi connectivity index (χ3v) is 2.94. The maximum Gasteiger partial charge on any atom is 0.325 e. The minimum atomic E-state index is -1.09. The van der Waals surface area contributed by atoms with Gasteiger partial charge in [-0.15, -0.1) is 0 Å². The molecule has 2 rings (SSSR count). The van der Waals surface area contributed by atoms with Crippen LogP contribution in [0.5, 0.6) is 0 Å². The van der Waals surface area contributed by atoms with Gasteiger partial charge >= 0.3 is 5.97 Å². The fraction of sp³-hybridized carbons (Fsp3) is 0.143. The molecular formula is C7H5ClN4O3S. The predicted octanol–water partition coefficient (Wildman–Crippen LogP) is 0.330. The van der Waals surface area contributed by atoms with Gasteiger partial charge in [-0.05, 0) is 0 Å². The van der Waals surface area contributed by atoms with Crippen LogP contribution in [-0.4, -0.2) is 31.7 Å². The van der Waals surface area contributed by atoms with Crippen molar-refractivity contribution in [2.24, 2.45) is 5.73 Å². The minimum absolute atomic E-state index is 0.0133. The molecule has 0 unspecified atom stereocenters. The van der Waals surface area contributed by atoms with Gasteiger partial charge in [0.25, 0.3) is 5.91 Å². The highest BCUT2D eigenvalue weighted by Gasteiger charge is 2.20. The molecule has 16 heavy (non-hydrogen) atoms. The van der Waals surface area contributed by atoms with Gasteiger partial charge in [-0.1, -0.05) is 22.9 Å². The highest BCUT2D eigenvalue weighted by atomic mass is 35.5. The molecule has 2 aromatic heterocycles. The Morgan fingerprint density at radius 2 is 2.25 bits per heavy atom. The second-order valence-corrected chi connectivity index (χ2v) is 4.46. The summed E-state index contributed by atoms with van der Waals surface area (Å²) in [7, 11) is 0. The Labute approximate surface area is 97.4 Å². The standard InChI is InChI=1S/C7H5ClN4O3S/c8-7-10-6-4(16-7)3(5(9)15)11-12(6)1-2(13)14/h1H2,(H2,9,15)(H,13,14). The number of primary amides is 1. The summed E-state index contributed by atoms with van der Waals surface area (Å²) >= 11 is 6.71. The molecule has 0 saturated carbocycles. The average Bonchev–Trinajstić information content (AvgIpc) is 2.64. The first-order valence-corrected chi connectivity index (χ1v) is 5.23. The maximum atomic E-state index is 11.1. The molecule has 84 valence electrons. The first kappa shape index (κ1) is 10.8. The summed E-state index contributed by atoms with van der Waals surface area (Å²) in [5.41, 5.74) is 5.35. The van der Waals surface area contributed by atoms with E-state index in [0.29, 0.717) is 4.70 Å². The third kappa shape index (κ3) is 1.72. The number of carbonyl (C=O) groups is 2. The lowest BCUT2D eigenvalue weighted by molar-refractivity contribution is -0.137. The quantitative estimate of drug-likeness (QED) is 0.826. The Morgan fingerprint density at radius 1 is 1.56 bits per heavy atom. The fourth-order valence-corrected chi connectivity index (χ4v) is 2.32. The van der Waals surface area contributed by atoms with Crippen molar-refractivity contribution in [2.45, 2.75) is 6.54 Å². The fourth-order valence-electron chi connectivity index (χ4n) is 1.23. The largest absolute Gasteiger partial charge is 0.480 e. The highest BCUT2D eigenvalue weighted by Crippen LogP contribution is 2.28. The zero-order valence-electron chi connectivity index (χ0n) is 7.68. The molecule has 0 aromatic carbocycles. The van der Waals surface area contributed by atoms with Crippen LogP contribution in [0.1, 0.15) is 10.5 Å². The number of nitrogens with two attached hydrogens (primary N) is 1. The lowest BCUT2D eigenvalue weighted by Crippen LogP contribution is -2.15. The molecule has 1 amide bonds. The molecule has 0 aliphatic heterocycles. The number of aliphatic carboxylic acids is 1. The van der Waals surface area contributed by atoms with Gasteiger partial charge in [-0.2, -0.15) is 5.10 Å². The molecule has 2 aromatic rings. The number of hydrogen-bond acceptors (Lipinski definition) is 5. The van der Waals surface area contributed by atoms with Crippen LogP contribution < -0.4 is 5.73 Å². The van der Waals surface area contributed by atoms with Crippen LogP contribution in [0.3, 0.4) is 0 Å². The summed E-state index contributed by atoms with van der Waals surface area (Å²) < 4.78 is 1.69. The Balaban J connectivity index is 2.65. The molecule has 0 radical (unpaired) electrons. The van der Waals surface area contributed by atoms with Crippen LogP contribution >= 0.6 is 22.9 Å². The molecule has 0 bridgehead atoms. The van der Waals surface area contributed by atoms with E-state index >= 15 is 0 Å². The second-order valence-electron chi connectivity index (χ2n) is 2.88. The van der Waals surface area contributed by atoms with Crippen LogP contribution in [0.25, 0.3) is 10.3 Å². The first-order chi connectivity index (χ1) is 7.49. The van der Waals surface area contributed by atoms with Crippen LogP contribution in [0.15, 0.2) is 0 Å². The number of rotatable bonds is 3. The molecule has 9 heteroatoms. The number of amides is 1. The predicted molar refractivity (Wildman–Crippen MR) is 56.6 cm³/mol. The normalized spacial score (nSPS) is 10.8. The lowest BCUT2D eigenvalue weighted by atomic mass is 10.4. The Hall–Kier alpha value is -1.67. The Bertz CT molecular complexity index is 590. The van der Waals surface area contributed by atoms with Crippen LogP contribution in [0.4, 0.5) is 0 Å². The molecule has 0 saturated heterocycles. The molecule has 7 nitrogen and oxygen atoms in total. The second kappa shape index (κ2) is 3.72. The van der Waals surface area contributed by atoms with E-state index in [0.717, 1.165) is 16.0 Å². The highest BCUT2D eigenvalue weighted by molar-refractivity contribution is 7.22. The van der Waals surface area contributed by atoms with Crippen molar-refractivity contribution in [2.75, 3.05) is 0 Å². The molecule has 0 aliphatic carbocycles. The van der Waals surface area contributed by atoms with Crippen LogP contribution in [0, 0.1) is 0 Å². The van der Waals surface area contributed by atoms with E-state index in [2.05, 4.69) is 10.1 Å². The van der Waals surface area contributed by atoms with E-state index < -0.39 is 18.4 Å². The zero-order valence-corrected chi connectivity index (χ0v) is 9.25. The summed E-state index contributed by atoms with van der Waals surface area (Å²) in [5.74, 6) is -1.83. The summed E-state index contributed by atoms with van der Waals surface area (Å²) in [4.78, 5) is 25.5. The molecule has 0 atom stereocenters. The van der Waals surface area contributed by atoms with Crippen molar-refractivity contribution in [1.29, 1.82) is 0 Å². The van der Waals surface area contributed by atoms with Crippen molar-refractivity contribution in [3.63, 3.8) is 0 Å². The average molecular weight is 261 g/mol.